The maximum atomic E-state index is 11.3. The lowest BCUT2D eigenvalue weighted by atomic mass is 10.1. The van der Waals surface area contributed by atoms with Gasteiger partial charge in [-0.2, -0.15) is 5.10 Å². The molecule has 20 heavy (non-hydrogen) atoms. The van der Waals surface area contributed by atoms with E-state index < -0.39 is 0 Å². The molecule has 1 aromatic heterocycles. The third kappa shape index (κ3) is 2.50. The van der Waals surface area contributed by atoms with Crippen LogP contribution in [-0.4, -0.2) is 29.8 Å². The van der Waals surface area contributed by atoms with Crippen LogP contribution in [-0.2, 0) is 11.5 Å². The molecule has 0 atom stereocenters. The fraction of sp³-hybridized carbons (Fsp3) is 0.286. The predicted molar refractivity (Wildman–Crippen MR) is 75.6 cm³/mol. The largest absolute Gasteiger partial charge is 0.493 e. The van der Waals surface area contributed by atoms with Gasteiger partial charge in [0.25, 0.3) is 0 Å². The van der Waals surface area contributed by atoms with Crippen LogP contribution in [0, 0.1) is 0 Å². The summed E-state index contributed by atoms with van der Waals surface area (Å²) >= 11 is 0. The van der Waals surface area contributed by atoms with Crippen LogP contribution in [0.25, 0.3) is 11.3 Å². The Morgan fingerprint density at radius 3 is 2.80 bits per heavy atom. The number of nitrogens with two attached hydrogens (primary N) is 1. The number of nitrogens with zero attached hydrogens (tertiary/aromatic N) is 2. The number of carbonyl (C=O) groups is 1. The van der Waals surface area contributed by atoms with E-state index in [1.165, 1.54) is 11.8 Å². The lowest BCUT2D eigenvalue weighted by Crippen LogP contribution is -2.06. The minimum absolute atomic E-state index is 0.184. The highest BCUT2D eigenvalue weighted by molar-refractivity contribution is 5.92. The van der Waals surface area contributed by atoms with Crippen LogP contribution in [0.1, 0.15) is 17.3 Å². The Bertz CT molecular complexity index is 608. The number of hydrogen-bond acceptors (Lipinski definition) is 5. The van der Waals surface area contributed by atoms with Crippen molar-refractivity contribution in [1.82, 2.24) is 9.78 Å². The van der Waals surface area contributed by atoms with Gasteiger partial charge >= 0.3 is 0 Å². The molecule has 6 heteroatoms. The van der Waals surface area contributed by atoms with Crippen molar-refractivity contribution < 1.29 is 14.3 Å². The SMILES string of the molecule is CCOc1ccccc1-c1nn(COC)c(N)c1C=O. The first-order chi connectivity index (χ1) is 9.72. The summed E-state index contributed by atoms with van der Waals surface area (Å²) in [7, 11) is 1.54. The number of carbonyl (C=O) groups excluding carboxylic acids is 1. The van der Waals surface area contributed by atoms with Crippen LogP contribution in [0.2, 0.25) is 0 Å². The number of benzene rings is 1. The second-order valence-electron chi connectivity index (χ2n) is 4.11. The minimum atomic E-state index is 0.184. The van der Waals surface area contributed by atoms with Crippen LogP contribution in [0.15, 0.2) is 24.3 Å². The second-order valence-corrected chi connectivity index (χ2v) is 4.11. The summed E-state index contributed by atoms with van der Waals surface area (Å²) in [4.78, 5) is 11.3. The van der Waals surface area contributed by atoms with Gasteiger partial charge < -0.3 is 15.2 Å². The molecule has 0 saturated carbocycles. The average Bonchev–Trinajstić information content (AvgIpc) is 2.77. The van der Waals surface area contributed by atoms with Crippen molar-refractivity contribution in [3.8, 4) is 17.0 Å². The second kappa shape index (κ2) is 6.21. The standard InChI is InChI=1S/C14H17N3O3/c1-3-20-12-7-5-4-6-10(12)13-11(8-18)14(15)17(16-13)9-19-2/h4-8H,3,9,15H2,1-2H3. The normalized spacial score (nSPS) is 10.5. The Kier molecular flexibility index (Phi) is 4.37. The highest BCUT2D eigenvalue weighted by Crippen LogP contribution is 2.33. The molecule has 0 aliphatic rings. The zero-order valence-corrected chi connectivity index (χ0v) is 11.5. The molecule has 2 N–H and O–H groups in total. The van der Waals surface area contributed by atoms with Gasteiger partial charge in [-0.1, -0.05) is 12.1 Å². The number of anilines is 1. The molecule has 1 heterocycles. The number of methoxy groups -OCH3 is 1. The van der Waals surface area contributed by atoms with Gasteiger partial charge in [0.2, 0.25) is 0 Å². The predicted octanol–water partition coefficient (Wildman–Crippen LogP) is 1.95. The van der Waals surface area contributed by atoms with Crippen molar-refractivity contribution >= 4 is 12.1 Å². The van der Waals surface area contributed by atoms with E-state index in [-0.39, 0.29) is 12.5 Å². The van der Waals surface area contributed by atoms with Gasteiger partial charge in [0.15, 0.2) is 6.29 Å². The van der Waals surface area contributed by atoms with E-state index in [2.05, 4.69) is 5.10 Å². The molecule has 0 fully saturated rings. The zero-order chi connectivity index (χ0) is 14.5. The summed E-state index contributed by atoms with van der Waals surface area (Å²) in [6.45, 7) is 2.61. The van der Waals surface area contributed by atoms with Crippen molar-refractivity contribution in [1.29, 1.82) is 0 Å². The summed E-state index contributed by atoms with van der Waals surface area (Å²) in [5.74, 6) is 0.948. The average molecular weight is 275 g/mol. The van der Waals surface area contributed by atoms with Gasteiger partial charge in [-0.25, -0.2) is 4.68 Å². The van der Waals surface area contributed by atoms with E-state index in [0.29, 0.717) is 29.9 Å². The van der Waals surface area contributed by atoms with Gasteiger partial charge in [-0.05, 0) is 19.1 Å². The van der Waals surface area contributed by atoms with Crippen LogP contribution in [0.3, 0.4) is 0 Å². The van der Waals surface area contributed by atoms with Crippen molar-refractivity contribution in [3.05, 3.63) is 29.8 Å². The molecule has 0 radical (unpaired) electrons. The van der Waals surface area contributed by atoms with Gasteiger partial charge in [-0.15, -0.1) is 0 Å². The molecule has 106 valence electrons. The summed E-state index contributed by atoms with van der Waals surface area (Å²) in [5.41, 5.74) is 7.49. The number of ether oxygens (including phenoxy) is 2. The van der Waals surface area contributed by atoms with Gasteiger partial charge in [0, 0.05) is 12.7 Å². The molecule has 6 nitrogen and oxygen atoms in total. The Balaban J connectivity index is 2.57. The topological polar surface area (TPSA) is 79.4 Å². The van der Waals surface area contributed by atoms with Crippen molar-refractivity contribution in [2.75, 3.05) is 19.5 Å². The maximum Gasteiger partial charge on any atom is 0.156 e. The summed E-state index contributed by atoms with van der Waals surface area (Å²) in [6.07, 6.45) is 0.701. The lowest BCUT2D eigenvalue weighted by molar-refractivity contribution is 0.112. The number of para-hydroxylation sites is 1. The molecule has 0 amide bonds. The van der Waals surface area contributed by atoms with Crippen LogP contribution < -0.4 is 10.5 Å². The Labute approximate surface area is 117 Å². The van der Waals surface area contributed by atoms with Gasteiger partial charge in [-0.3, -0.25) is 4.79 Å². The molecule has 0 bridgehead atoms. The van der Waals surface area contributed by atoms with Crippen LogP contribution >= 0.6 is 0 Å². The fourth-order valence-electron chi connectivity index (χ4n) is 1.97. The van der Waals surface area contributed by atoms with E-state index in [4.69, 9.17) is 15.2 Å². The highest BCUT2D eigenvalue weighted by Gasteiger charge is 2.19. The molecule has 2 aromatic rings. The zero-order valence-electron chi connectivity index (χ0n) is 11.5. The summed E-state index contributed by atoms with van der Waals surface area (Å²) in [6, 6.07) is 7.40. The highest BCUT2D eigenvalue weighted by atomic mass is 16.5. The van der Waals surface area contributed by atoms with Crippen LogP contribution in [0.5, 0.6) is 5.75 Å². The maximum absolute atomic E-state index is 11.3. The third-order valence-electron chi connectivity index (χ3n) is 2.84. The molecule has 0 saturated heterocycles. The minimum Gasteiger partial charge on any atom is -0.493 e. The number of nitrogen functional groups attached to an aromatic ring is 1. The van der Waals surface area contributed by atoms with E-state index >= 15 is 0 Å². The number of hydrogen-bond donors (Lipinski definition) is 1. The van der Waals surface area contributed by atoms with Crippen molar-refractivity contribution in [2.24, 2.45) is 0 Å². The first kappa shape index (κ1) is 14.1. The fourth-order valence-corrected chi connectivity index (χ4v) is 1.97. The Morgan fingerprint density at radius 1 is 1.40 bits per heavy atom. The lowest BCUT2D eigenvalue weighted by Gasteiger charge is -2.08. The van der Waals surface area contributed by atoms with Crippen molar-refractivity contribution in [2.45, 2.75) is 13.7 Å². The number of aldehydes is 1. The van der Waals surface area contributed by atoms with Crippen molar-refractivity contribution in [3.63, 3.8) is 0 Å². The summed E-state index contributed by atoms with van der Waals surface area (Å²) in [5, 5.41) is 4.34. The molecule has 2 rings (SSSR count). The van der Waals surface area contributed by atoms with E-state index in [1.807, 2.05) is 31.2 Å². The molecule has 0 spiro atoms. The van der Waals surface area contributed by atoms with Gasteiger partial charge in [0.1, 0.15) is 24.0 Å². The Hall–Kier alpha value is -2.34. The molecule has 0 unspecified atom stereocenters. The Morgan fingerprint density at radius 2 is 2.15 bits per heavy atom. The molecule has 1 aromatic carbocycles. The smallest absolute Gasteiger partial charge is 0.156 e. The summed E-state index contributed by atoms with van der Waals surface area (Å²) < 4.78 is 12.0. The molecule has 0 aliphatic heterocycles. The monoisotopic (exact) mass is 275 g/mol. The van der Waals surface area contributed by atoms with Crippen LogP contribution in [0.4, 0.5) is 5.82 Å². The quantitative estimate of drug-likeness (QED) is 0.815. The first-order valence-electron chi connectivity index (χ1n) is 6.25. The first-order valence-corrected chi connectivity index (χ1v) is 6.25. The molecular formula is C14H17N3O3. The number of aromatic nitrogens is 2. The molecular weight excluding hydrogens is 258 g/mol. The third-order valence-corrected chi connectivity index (χ3v) is 2.84. The van der Waals surface area contributed by atoms with E-state index in [0.717, 1.165) is 5.56 Å². The number of rotatable bonds is 6. The van der Waals surface area contributed by atoms with Gasteiger partial charge in [0.05, 0.1) is 12.2 Å². The van der Waals surface area contributed by atoms with E-state index in [1.54, 1.807) is 0 Å². The molecule has 0 aliphatic carbocycles. The van der Waals surface area contributed by atoms with E-state index in [9.17, 15) is 4.79 Å².